The van der Waals surface area contributed by atoms with E-state index in [0.717, 1.165) is 29.9 Å². The number of nitrogens with zero attached hydrogens (tertiary/aromatic N) is 2. The van der Waals surface area contributed by atoms with Gasteiger partial charge in [-0.3, -0.25) is 0 Å². The van der Waals surface area contributed by atoms with E-state index in [-0.39, 0.29) is 0 Å². The van der Waals surface area contributed by atoms with Gasteiger partial charge < -0.3 is 15.2 Å². The number of aromatic nitrogens is 2. The first-order valence-corrected chi connectivity index (χ1v) is 7.33. The van der Waals surface area contributed by atoms with E-state index in [2.05, 4.69) is 60.4 Å². The molecule has 1 aliphatic heterocycles. The van der Waals surface area contributed by atoms with Crippen LogP contribution in [0.2, 0.25) is 0 Å². The smallest absolute Gasteiger partial charge is 0.120 e. The quantitative estimate of drug-likeness (QED) is 0.910. The molecule has 2 N–H and O–H groups in total. The lowest BCUT2D eigenvalue weighted by Gasteiger charge is -2.19. The Bertz CT molecular complexity index is 509. The zero-order valence-corrected chi connectivity index (χ0v) is 12.2. The molecule has 0 bridgehead atoms. The van der Waals surface area contributed by atoms with E-state index in [4.69, 9.17) is 0 Å². The summed E-state index contributed by atoms with van der Waals surface area (Å²) in [6.45, 7) is 2.98. The lowest BCUT2D eigenvalue weighted by molar-refractivity contribution is 0.541. The molecule has 100 valence electrons. The van der Waals surface area contributed by atoms with Gasteiger partial charge in [0.25, 0.3) is 0 Å². The molecule has 0 saturated carbocycles. The van der Waals surface area contributed by atoms with Gasteiger partial charge in [-0.1, -0.05) is 15.9 Å². The molecule has 0 amide bonds. The van der Waals surface area contributed by atoms with Crippen molar-refractivity contribution in [1.82, 2.24) is 15.3 Å². The van der Waals surface area contributed by atoms with Crippen LogP contribution < -0.4 is 10.2 Å². The van der Waals surface area contributed by atoms with Crippen molar-refractivity contribution in [3.05, 3.63) is 47.0 Å². The second kappa shape index (κ2) is 5.75. The van der Waals surface area contributed by atoms with Crippen LogP contribution in [-0.4, -0.2) is 29.1 Å². The average molecular weight is 321 g/mol. The summed E-state index contributed by atoms with van der Waals surface area (Å²) in [4.78, 5) is 9.77. The van der Waals surface area contributed by atoms with E-state index in [1.54, 1.807) is 6.20 Å². The van der Waals surface area contributed by atoms with Gasteiger partial charge in [-0.25, -0.2) is 4.98 Å². The number of aromatic amines is 1. The van der Waals surface area contributed by atoms with Gasteiger partial charge in [0.05, 0.1) is 6.54 Å². The topological polar surface area (TPSA) is 44.0 Å². The summed E-state index contributed by atoms with van der Waals surface area (Å²) in [5.41, 5.74) is 1.30. The van der Waals surface area contributed by atoms with Gasteiger partial charge in [0.15, 0.2) is 0 Å². The first-order chi connectivity index (χ1) is 9.31. The number of benzene rings is 1. The van der Waals surface area contributed by atoms with E-state index >= 15 is 0 Å². The Morgan fingerprint density at radius 2 is 2.21 bits per heavy atom. The molecule has 0 spiro atoms. The maximum Gasteiger partial charge on any atom is 0.120 e. The van der Waals surface area contributed by atoms with Crippen LogP contribution in [0.5, 0.6) is 0 Å². The Labute approximate surface area is 121 Å². The number of imidazole rings is 1. The zero-order chi connectivity index (χ0) is 13.1. The summed E-state index contributed by atoms with van der Waals surface area (Å²) < 4.78 is 1.13. The van der Waals surface area contributed by atoms with Crippen molar-refractivity contribution in [2.45, 2.75) is 19.0 Å². The highest BCUT2D eigenvalue weighted by molar-refractivity contribution is 9.10. The fraction of sp³-hybridized carbons (Fsp3) is 0.357. The first kappa shape index (κ1) is 12.7. The highest BCUT2D eigenvalue weighted by atomic mass is 79.9. The lowest BCUT2D eigenvalue weighted by atomic mass is 10.2. The summed E-state index contributed by atoms with van der Waals surface area (Å²) >= 11 is 3.47. The summed E-state index contributed by atoms with van der Waals surface area (Å²) in [5.74, 6) is 1.00. The van der Waals surface area contributed by atoms with Gasteiger partial charge in [-0.2, -0.15) is 0 Å². The molecule has 1 aliphatic rings. The molecule has 1 fully saturated rings. The van der Waals surface area contributed by atoms with E-state index in [1.165, 1.54) is 12.1 Å². The van der Waals surface area contributed by atoms with Gasteiger partial charge in [0.2, 0.25) is 0 Å². The normalized spacial score (nSPS) is 19.0. The minimum Gasteiger partial charge on any atom is -0.370 e. The predicted octanol–water partition coefficient (Wildman–Crippen LogP) is 2.54. The first-order valence-electron chi connectivity index (χ1n) is 6.53. The van der Waals surface area contributed by atoms with Crippen molar-refractivity contribution in [2.75, 3.05) is 18.0 Å². The Hall–Kier alpha value is -1.33. The largest absolute Gasteiger partial charge is 0.370 e. The molecule has 0 aliphatic carbocycles. The number of halogens is 1. The standard InChI is InChI=1S/C14H17BrN4/c15-11-1-3-13(4-2-11)19-8-5-12(10-19)18-9-14-16-6-7-17-14/h1-4,6-7,12,18H,5,8-10H2,(H,16,17). The second-order valence-electron chi connectivity index (χ2n) is 4.82. The van der Waals surface area contributed by atoms with Crippen LogP contribution in [0.15, 0.2) is 41.1 Å². The summed E-state index contributed by atoms with van der Waals surface area (Å²) in [7, 11) is 0. The fourth-order valence-electron chi connectivity index (χ4n) is 2.45. The maximum atomic E-state index is 4.23. The highest BCUT2D eigenvalue weighted by Gasteiger charge is 2.22. The fourth-order valence-corrected chi connectivity index (χ4v) is 2.71. The van der Waals surface area contributed by atoms with Crippen LogP contribution in [0.3, 0.4) is 0 Å². The number of nitrogens with one attached hydrogen (secondary N) is 2. The lowest BCUT2D eigenvalue weighted by Crippen LogP contribution is -2.32. The Morgan fingerprint density at radius 1 is 1.37 bits per heavy atom. The van der Waals surface area contributed by atoms with Crippen molar-refractivity contribution in [2.24, 2.45) is 0 Å². The van der Waals surface area contributed by atoms with E-state index in [0.29, 0.717) is 6.04 Å². The molecular formula is C14H17BrN4. The second-order valence-corrected chi connectivity index (χ2v) is 5.74. The maximum absolute atomic E-state index is 4.23. The molecule has 1 saturated heterocycles. The van der Waals surface area contributed by atoms with Crippen LogP contribution in [0.4, 0.5) is 5.69 Å². The van der Waals surface area contributed by atoms with Crippen molar-refractivity contribution >= 4 is 21.6 Å². The molecule has 4 nitrogen and oxygen atoms in total. The van der Waals surface area contributed by atoms with Crippen LogP contribution in [-0.2, 0) is 6.54 Å². The SMILES string of the molecule is Brc1ccc(N2CCC(NCc3ncc[nH]3)C2)cc1. The van der Waals surface area contributed by atoms with Crippen molar-refractivity contribution in [3.63, 3.8) is 0 Å². The van der Waals surface area contributed by atoms with Gasteiger partial charge in [-0.15, -0.1) is 0 Å². The Morgan fingerprint density at radius 3 is 2.95 bits per heavy atom. The number of hydrogen-bond donors (Lipinski definition) is 2. The highest BCUT2D eigenvalue weighted by Crippen LogP contribution is 2.22. The van der Waals surface area contributed by atoms with Crippen molar-refractivity contribution < 1.29 is 0 Å². The molecule has 3 rings (SSSR count). The van der Waals surface area contributed by atoms with Crippen LogP contribution in [0.1, 0.15) is 12.2 Å². The third kappa shape index (κ3) is 3.16. The molecule has 1 aromatic carbocycles. The van der Waals surface area contributed by atoms with Gasteiger partial charge >= 0.3 is 0 Å². The summed E-state index contributed by atoms with van der Waals surface area (Å²) in [6.07, 6.45) is 4.83. The van der Waals surface area contributed by atoms with E-state index < -0.39 is 0 Å². The number of rotatable bonds is 4. The van der Waals surface area contributed by atoms with Crippen molar-refractivity contribution in [1.29, 1.82) is 0 Å². The van der Waals surface area contributed by atoms with Crippen LogP contribution in [0, 0.1) is 0 Å². The van der Waals surface area contributed by atoms with E-state index in [1.807, 2.05) is 6.20 Å². The predicted molar refractivity (Wildman–Crippen MR) is 80.2 cm³/mol. The third-order valence-electron chi connectivity index (χ3n) is 3.49. The molecule has 1 atom stereocenters. The van der Waals surface area contributed by atoms with Gasteiger partial charge in [0.1, 0.15) is 5.82 Å². The van der Waals surface area contributed by atoms with Crippen molar-refractivity contribution in [3.8, 4) is 0 Å². The number of H-pyrrole nitrogens is 1. The number of anilines is 1. The summed E-state index contributed by atoms with van der Waals surface area (Å²) in [5, 5.41) is 3.55. The minimum atomic E-state index is 0.536. The third-order valence-corrected chi connectivity index (χ3v) is 4.02. The minimum absolute atomic E-state index is 0.536. The average Bonchev–Trinajstić information content (AvgIpc) is 3.09. The van der Waals surface area contributed by atoms with Gasteiger partial charge in [0, 0.05) is 41.7 Å². The molecule has 1 unspecified atom stereocenters. The summed E-state index contributed by atoms with van der Waals surface area (Å²) in [6, 6.07) is 9.06. The molecule has 0 radical (unpaired) electrons. The van der Waals surface area contributed by atoms with Crippen LogP contribution >= 0.6 is 15.9 Å². The molecule has 5 heteroatoms. The van der Waals surface area contributed by atoms with E-state index in [9.17, 15) is 0 Å². The van der Waals surface area contributed by atoms with Crippen LogP contribution in [0.25, 0.3) is 0 Å². The Kier molecular flexibility index (Phi) is 3.84. The molecule has 2 aromatic rings. The molecule has 19 heavy (non-hydrogen) atoms. The monoisotopic (exact) mass is 320 g/mol. The molecular weight excluding hydrogens is 304 g/mol. The molecule has 1 aromatic heterocycles. The number of hydrogen-bond acceptors (Lipinski definition) is 3. The zero-order valence-electron chi connectivity index (χ0n) is 10.6. The Balaban J connectivity index is 1.53. The molecule has 2 heterocycles. The van der Waals surface area contributed by atoms with Gasteiger partial charge in [-0.05, 0) is 30.7 Å².